The Morgan fingerprint density at radius 2 is 1.48 bits per heavy atom. The second-order valence-corrected chi connectivity index (χ2v) is 5.80. The molecule has 2 rings (SSSR count). The van der Waals surface area contributed by atoms with Gasteiger partial charge < -0.3 is 15.5 Å². The molecule has 0 atom stereocenters. The third kappa shape index (κ3) is 5.46. The molecule has 3 N–H and O–H groups in total. The molecule has 0 fully saturated rings. The maximum Gasteiger partial charge on any atom is 0.335 e. The van der Waals surface area contributed by atoms with E-state index < -0.39 is 11.9 Å². The lowest BCUT2D eigenvalue weighted by atomic mass is 10.1. The smallest absolute Gasteiger partial charge is 0.335 e. The number of carboxylic acids is 2. The second-order valence-electron chi connectivity index (χ2n) is 5.80. The van der Waals surface area contributed by atoms with Crippen LogP contribution in [-0.4, -0.2) is 28.1 Å². The number of nitrogens with one attached hydrogen (secondary N) is 1. The molecule has 0 spiro atoms. The predicted octanol–water partition coefficient (Wildman–Crippen LogP) is 3.35. The molecule has 0 aliphatic rings. The Bertz CT molecular complexity index is 764. The Kier molecular flexibility index (Phi) is 5.89. The van der Waals surface area contributed by atoms with E-state index in [0.29, 0.717) is 6.42 Å². The summed E-state index contributed by atoms with van der Waals surface area (Å²) in [4.78, 5) is 34.1. The van der Waals surface area contributed by atoms with Gasteiger partial charge in [-0.3, -0.25) is 4.79 Å². The minimum absolute atomic E-state index is 0.164. The minimum atomic E-state index is -1.25. The standard InChI is InChI=1S/C19H19NO5/c1-12-5-7-13(8-6-12)3-2-4-17(21)20-16-10-14(18(22)23)9-15(11-16)19(24)25/h5-11H,2-4H2,1H3,(H,20,21)(H,22,23)(H,24,25). The van der Waals surface area contributed by atoms with Gasteiger partial charge in [-0.15, -0.1) is 0 Å². The van der Waals surface area contributed by atoms with Crippen molar-refractivity contribution in [2.45, 2.75) is 26.2 Å². The van der Waals surface area contributed by atoms with Gasteiger partial charge in [-0.2, -0.15) is 0 Å². The molecule has 6 nitrogen and oxygen atoms in total. The maximum absolute atomic E-state index is 12.0. The number of carbonyl (C=O) groups excluding carboxylic acids is 1. The summed E-state index contributed by atoms with van der Waals surface area (Å²) in [5.41, 5.74) is 2.11. The van der Waals surface area contributed by atoms with Crippen LogP contribution in [0.5, 0.6) is 0 Å². The number of aryl methyl sites for hydroxylation is 2. The molecule has 2 aromatic rings. The lowest BCUT2D eigenvalue weighted by molar-refractivity contribution is -0.116. The normalized spacial score (nSPS) is 10.3. The average Bonchev–Trinajstić information content (AvgIpc) is 2.56. The number of hydrogen-bond donors (Lipinski definition) is 3. The zero-order valence-corrected chi connectivity index (χ0v) is 13.8. The van der Waals surface area contributed by atoms with Crippen molar-refractivity contribution in [2.24, 2.45) is 0 Å². The topological polar surface area (TPSA) is 104 Å². The number of benzene rings is 2. The zero-order chi connectivity index (χ0) is 18.4. The van der Waals surface area contributed by atoms with Gasteiger partial charge in [-0.1, -0.05) is 29.8 Å². The Hall–Kier alpha value is -3.15. The van der Waals surface area contributed by atoms with Crippen molar-refractivity contribution < 1.29 is 24.6 Å². The van der Waals surface area contributed by atoms with Crippen molar-refractivity contribution in [2.75, 3.05) is 5.32 Å². The van der Waals surface area contributed by atoms with Crippen LogP contribution in [0.15, 0.2) is 42.5 Å². The fourth-order valence-corrected chi connectivity index (χ4v) is 2.38. The van der Waals surface area contributed by atoms with Crippen LogP contribution in [0.25, 0.3) is 0 Å². The Morgan fingerprint density at radius 1 is 0.920 bits per heavy atom. The van der Waals surface area contributed by atoms with Crippen molar-refractivity contribution in [3.8, 4) is 0 Å². The number of hydrogen-bond acceptors (Lipinski definition) is 3. The number of carbonyl (C=O) groups is 3. The highest BCUT2D eigenvalue weighted by molar-refractivity contribution is 5.98. The van der Waals surface area contributed by atoms with Gasteiger partial charge in [0.25, 0.3) is 0 Å². The van der Waals surface area contributed by atoms with E-state index in [0.717, 1.165) is 18.1 Å². The van der Waals surface area contributed by atoms with Gasteiger partial charge >= 0.3 is 11.9 Å². The van der Waals surface area contributed by atoms with Crippen molar-refractivity contribution in [1.82, 2.24) is 0 Å². The molecule has 25 heavy (non-hydrogen) atoms. The molecule has 0 radical (unpaired) electrons. The number of carboxylic acid groups (broad SMARTS) is 2. The van der Waals surface area contributed by atoms with Crippen LogP contribution in [0.3, 0.4) is 0 Å². The summed E-state index contributed by atoms with van der Waals surface area (Å²) in [6, 6.07) is 11.6. The first-order valence-corrected chi connectivity index (χ1v) is 7.82. The van der Waals surface area contributed by atoms with E-state index in [9.17, 15) is 14.4 Å². The van der Waals surface area contributed by atoms with E-state index >= 15 is 0 Å². The molecule has 0 bridgehead atoms. The van der Waals surface area contributed by atoms with Crippen LogP contribution < -0.4 is 5.32 Å². The summed E-state index contributed by atoms with van der Waals surface area (Å²) in [5, 5.41) is 20.6. The van der Waals surface area contributed by atoms with Crippen LogP contribution in [0.2, 0.25) is 0 Å². The van der Waals surface area contributed by atoms with Gasteiger partial charge in [0, 0.05) is 12.1 Å². The molecular formula is C19H19NO5. The van der Waals surface area contributed by atoms with Crippen LogP contribution in [-0.2, 0) is 11.2 Å². The minimum Gasteiger partial charge on any atom is -0.478 e. The van der Waals surface area contributed by atoms with Crippen molar-refractivity contribution in [3.05, 3.63) is 64.7 Å². The van der Waals surface area contributed by atoms with Crippen LogP contribution in [0.1, 0.15) is 44.7 Å². The van der Waals surface area contributed by atoms with Crippen molar-refractivity contribution in [1.29, 1.82) is 0 Å². The fraction of sp³-hybridized carbons (Fsp3) is 0.211. The van der Waals surface area contributed by atoms with Crippen LogP contribution in [0.4, 0.5) is 5.69 Å². The molecule has 0 aromatic heterocycles. The number of rotatable bonds is 7. The number of anilines is 1. The Balaban J connectivity index is 1.96. The first kappa shape index (κ1) is 18.2. The highest BCUT2D eigenvalue weighted by Crippen LogP contribution is 2.16. The largest absolute Gasteiger partial charge is 0.478 e. The summed E-state index contributed by atoms with van der Waals surface area (Å²) >= 11 is 0. The number of aromatic carboxylic acids is 2. The van der Waals surface area contributed by atoms with Crippen LogP contribution >= 0.6 is 0 Å². The third-order valence-electron chi connectivity index (χ3n) is 3.70. The summed E-state index contributed by atoms with van der Waals surface area (Å²) < 4.78 is 0. The van der Waals surface area contributed by atoms with E-state index in [4.69, 9.17) is 10.2 Å². The van der Waals surface area contributed by atoms with Crippen molar-refractivity contribution in [3.63, 3.8) is 0 Å². The second kappa shape index (κ2) is 8.10. The summed E-state index contributed by atoms with van der Waals surface area (Å²) in [6.45, 7) is 2.01. The summed E-state index contributed by atoms with van der Waals surface area (Å²) in [5.74, 6) is -2.79. The molecule has 0 saturated carbocycles. The monoisotopic (exact) mass is 341 g/mol. The van der Waals surface area contributed by atoms with Gasteiger partial charge in [0.1, 0.15) is 0 Å². The lowest BCUT2D eigenvalue weighted by Crippen LogP contribution is -2.13. The summed E-state index contributed by atoms with van der Waals surface area (Å²) in [7, 11) is 0. The molecular weight excluding hydrogens is 322 g/mol. The van der Waals surface area contributed by atoms with E-state index in [1.54, 1.807) is 0 Å². The Labute approximate surface area is 145 Å². The molecule has 2 aromatic carbocycles. The van der Waals surface area contributed by atoms with Gasteiger partial charge in [0.15, 0.2) is 0 Å². The van der Waals surface area contributed by atoms with Gasteiger partial charge in [0.05, 0.1) is 11.1 Å². The van der Waals surface area contributed by atoms with Crippen molar-refractivity contribution >= 4 is 23.5 Å². The van der Waals surface area contributed by atoms with Crippen LogP contribution in [0, 0.1) is 6.92 Å². The number of amides is 1. The molecule has 1 amide bonds. The third-order valence-corrected chi connectivity index (χ3v) is 3.70. The molecule has 6 heteroatoms. The Morgan fingerprint density at radius 3 is 2.00 bits per heavy atom. The molecule has 0 aliphatic carbocycles. The molecule has 0 heterocycles. The highest BCUT2D eigenvalue weighted by Gasteiger charge is 2.13. The van der Waals surface area contributed by atoms with Gasteiger partial charge in [-0.05, 0) is 43.5 Å². The van der Waals surface area contributed by atoms with E-state index in [-0.39, 0.29) is 29.1 Å². The van der Waals surface area contributed by atoms with Gasteiger partial charge in [0.2, 0.25) is 5.91 Å². The molecule has 0 aliphatic heterocycles. The van der Waals surface area contributed by atoms with E-state index in [1.807, 2.05) is 31.2 Å². The van der Waals surface area contributed by atoms with E-state index in [1.165, 1.54) is 17.7 Å². The molecule has 0 saturated heterocycles. The first-order valence-electron chi connectivity index (χ1n) is 7.82. The lowest BCUT2D eigenvalue weighted by Gasteiger charge is -2.08. The average molecular weight is 341 g/mol. The predicted molar refractivity (Wildman–Crippen MR) is 93.1 cm³/mol. The fourth-order valence-electron chi connectivity index (χ4n) is 2.38. The summed E-state index contributed by atoms with van der Waals surface area (Å²) in [6.07, 6.45) is 1.65. The first-order chi connectivity index (χ1) is 11.8. The van der Waals surface area contributed by atoms with E-state index in [2.05, 4.69) is 5.32 Å². The quantitative estimate of drug-likeness (QED) is 0.716. The molecule has 130 valence electrons. The highest BCUT2D eigenvalue weighted by atomic mass is 16.4. The van der Waals surface area contributed by atoms with Gasteiger partial charge in [-0.25, -0.2) is 9.59 Å². The maximum atomic E-state index is 12.0. The SMILES string of the molecule is Cc1ccc(CCCC(=O)Nc2cc(C(=O)O)cc(C(=O)O)c2)cc1. The zero-order valence-electron chi connectivity index (χ0n) is 13.8. The molecule has 0 unspecified atom stereocenters.